The summed E-state index contributed by atoms with van der Waals surface area (Å²) in [6.07, 6.45) is 6.43. The molecule has 1 aliphatic rings. The SMILES string of the molecule is O=C(COc1ccc(CNC2CC=C(c3c[nH]c4cccc(F)c34)CC2)c(F)c1)NO. The van der Waals surface area contributed by atoms with Crippen molar-refractivity contribution in [1.82, 2.24) is 15.8 Å². The minimum Gasteiger partial charge on any atom is -0.484 e. The van der Waals surface area contributed by atoms with Gasteiger partial charge in [-0.1, -0.05) is 18.2 Å². The van der Waals surface area contributed by atoms with Crippen LogP contribution in [0.2, 0.25) is 0 Å². The van der Waals surface area contributed by atoms with Crippen LogP contribution in [0.1, 0.15) is 30.4 Å². The summed E-state index contributed by atoms with van der Waals surface area (Å²) in [7, 11) is 0. The number of amides is 1. The summed E-state index contributed by atoms with van der Waals surface area (Å²) in [6.45, 7) is -0.0383. The van der Waals surface area contributed by atoms with Gasteiger partial charge in [-0.15, -0.1) is 0 Å². The largest absolute Gasteiger partial charge is 0.484 e. The number of carbonyl (C=O) groups excluding carboxylic acids is 1. The quantitative estimate of drug-likeness (QED) is 0.338. The van der Waals surface area contributed by atoms with Crippen LogP contribution < -0.4 is 15.5 Å². The number of H-pyrrole nitrogens is 1. The highest BCUT2D eigenvalue weighted by atomic mass is 19.1. The lowest BCUT2D eigenvalue weighted by Crippen LogP contribution is -2.30. The molecule has 0 bridgehead atoms. The number of aromatic nitrogens is 1. The maximum atomic E-state index is 14.3. The van der Waals surface area contributed by atoms with Crippen LogP contribution in [0.5, 0.6) is 5.75 Å². The molecular weight excluding hydrogens is 404 g/mol. The van der Waals surface area contributed by atoms with Gasteiger partial charge in [0.1, 0.15) is 17.4 Å². The van der Waals surface area contributed by atoms with Gasteiger partial charge < -0.3 is 15.0 Å². The minimum absolute atomic E-state index is 0.197. The Morgan fingerprint density at radius 3 is 2.84 bits per heavy atom. The number of fused-ring (bicyclic) bond motifs is 1. The summed E-state index contributed by atoms with van der Waals surface area (Å²) in [5.74, 6) is -1.17. The summed E-state index contributed by atoms with van der Waals surface area (Å²) in [4.78, 5) is 14.1. The van der Waals surface area contributed by atoms with E-state index in [1.807, 2.05) is 12.3 Å². The molecular formula is C23H23F2N3O3. The van der Waals surface area contributed by atoms with Crippen LogP contribution >= 0.6 is 0 Å². The van der Waals surface area contributed by atoms with E-state index in [4.69, 9.17) is 9.94 Å². The van der Waals surface area contributed by atoms with Crippen LogP contribution in [0.3, 0.4) is 0 Å². The summed E-state index contributed by atoms with van der Waals surface area (Å²) in [5.41, 5.74) is 4.75. The lowest BCUT2D eigenvalue weighted by Gasteiger charge is -2.23. The average molecular weight is 427 g/mol. The van der Waals surface area contributed by atoms with Crippen molar-refractivity contribution >= 4 is 22.4 Å². The average Bonchev–Trinajstić information content (AvgIpc) is 3.23. The van der Waals surface area contributed by atoms with Gasteiger partial charge in [0.05, 0.1) is 0 Å². The van der Waals surface area contributed by atoms with Crippen molar-refractivity contribution in [1.29, 1.82) is 0 Å². The molecule has 31 heavy (non-hydrogen) atoms. The Morgan fingerprint density at radius 1 is 1.23 bits per heavy atom. The van der Waals surface area contributed by atoms with Gasteiger partial charge in [0.2, 0.25) is 0 Å². The predicted octanol–water partition coefficient (Wildman–Crippen LogP) is 4.06. The molecule has 6 nitrogen and oxygen atoms in total. The number of hydrogen-bond donors (Lipinski definition) is 4. The molecule has 4 N–H and O–H groups in total. The van der Waals surface area contributed by atoms with Crippen molar-refractivity contribution in [2.75, 3.05) is 6.61 Å². The number of hydroxylamine groups is 1. The molecule has 1 heterocycles. The van der Waals surface area contributed by atoms with Gasteiger partial charge in [-0.25, -0.2) is 14.3 Å². The highest BCUT2D eigenvalue weighted by Gasteiger charge is 2.19. The van der Waals surface area contributed by atoms with Crippen molar-refractivity contribution in [3.05, 3.63) is 71.4 Å². The molecule has 3 aromatic rings. The molecule has 0 radical (unpaired) electrons. The first-order chi connectivity index (χ1) is 15.0. The first-order valence-electron chi connectivity index (χ1n) is 10.1. The molecule has 2 aromatic carbocycles. The molecule has 0 aliphatic heterocycles. The summed E-state index contributed by atoms with van der Waals surface area (Å²) >= 11 is 0. The molecule has 1 unspecified atom stereocenters. The van der Waals surface area contributed by atoms with E-state index in [0.717, 1.165) is 35.9 Å². The van der Waals surface area contributed by atoms with E-state index in [1.165, 1.54) is 17.6 Å². The lowest BCUT2D eigenvalue weighted by atomic mass is 9.90. The van der Waals surface area contributed by atoms with Gasteiger partial charge in [0, 0.05) is 46.9 Å². The molecule has 4 rings (SSSR count). The molecule has 162 valence electrons. The molecule has 0 fully saturated rings. The number of aromatic amines is 1. The van der Waals surface area contributed by atoms with E-state index >= 15 is 0 Å². The molecule has 1 amide bonds. The van der Waals surface area contributed by atoms with Crippen LogP contribution in [0.4, 0.5) is 8.78 Å². The Kier molecular flexibility index (Phi) is 6.29. The van der Waals surface area contributed by atoms with Crippen LogP contribution in [0.15, 0.2) is 48.7 Å². The predicted molar refractivity (Wildman–Crippen MR) is 113 cm³/mol. The van der Waals surface area contributed by atoms with Crippen molar-refractivity contribution in [3.8, 4) is 5.75 Å². The van der Waals surface area contributed by atoms with E-state index in [0.29, 0.717) is 17.5 Å². The van der Waals surface area contributed by atoms with Crippen molar-refractivity contribution < 1.29 is 23.5 Å². The smallest absolute Gasteiger partial charge is 0.281 e. The Labute approximate surface area is 177 Å². The Morgan fingerprint density at radius 2 is 2.10 bits per heavy atom. The second-order valence-electron chi connectivity index (χ2n) is 7.52. The maximum absolute atomic E-state index is 14.3. The van der Waals surface area contributed by atoms with Gasteiger partial charge in [-0.2, -0.15) is 0 Å². The zero-order valence-corrected chi connectivity index (χ0v) is 16.8. The molecule has 8 heteroatoms. The Bertz CT molecular complexity index is 1130. The third kappa shape index (κ3) is 4.76. The lowest BCUT2D eigenvalue weighted by molar-refractivity contribution is -0.131. The number of allylic oxidation sites excluding steroid dienone is 1. The van der Waals surface area contributed by atoms with E-state index in [2.05, 4.69) is 16.4 Å². The van der Waals surface area contributed by atoms with Crippen molar-refractivity contribution in [2.24, 2.45) is 0 Å². The fourth-order valence-corrected chi connectivity index (χ4v) is 3.85. The second-order valence-corrected chi connectivity index (χ2v) is 7.52. The fourth-order valence-electron chi connectivity index (χ4n) is 3.85. The summed E-state index contributed by atoms with van der Waals surface area (Å²) < 4.78 is 33.7. The Balaban J connectivity index is 1.35. The highest BCUT2D eigenvalue weighted by molar-refractivity contribution is 5.93. The summed E-state index contributed by atoms with van der Waals surface area (Å²) in [5, 5.41) is 12.4. The fraction of sp³-hybridized carbons (Fsp3) is 0.261. The monoisotopic (exact) mass is 427 g/mol. The molecule has 0 spiro atoms. The van der Waals surface area contributed by atoms with Crippen molar-refractivity contribution in [3.63, 3.8) is 0 Å². The maximum Gasteiger partial charge on any atom is 0.281 e. The third-order valence-electron chi connectivity index (χ3n) is 5.51. The molecule has 1 atom stereocenters. The van der Waals surface area contributed by atoms with Crippen LogP contribution in [0.25, 0.3) is 16.5 Å². The molecule has 0 saturated carbocycles. The first-order valence-corrected chi connectivity index (χ1v) is 10.1. The number of ether oxygens (including phenoxy) is 1. The number of rotatable bonds is 7. The van der Waals surface area contributed by atoms with E-state index < -0.39 is 18.3 Å². The molecule has 0 saturated heterocycles. The van der Waals surface area contributed by atoms with Gasteiger partial charge in [0.25, 0.3) is 5.91 Å². The normalized spacial score (nSPS) is 16.2. The topological polar surface area (TPSA) is 86.4 Å². The van der Waals surface area contributed by atoms with Gasteiger partial charge in [-0.3, -0.25) is 10.0 Å². The number of halogens is 2. The zero-order chi connectivity index (χ0) is 21.8. The highest BCUT2D eigenvalue weighted by Crippen LogP contribution is 2.33. The van der Waals surface area contributed by atoms with E-state index in [9.17, 15) is 13.6 Å². The molecule has 1 aromatic heterocycles. The third-order valence-corrected chi connectivity index (χ3v) is 5.51. The van der Waals surface area contributed by atoms with Gasteiger partial charge >= 0.3 is 0 Å². The summed E-state index contributed by atoms with van der Waals surface area (Å²) in [6, 6.07) is 9.62. The Hall–Kier alpha value is -3.23. The van der Waals surface area contributed by atoms with E-state index in [-0.39, 0.29) is 17.6 Å². The minimum atomic E-state index is -0.716. The van der Waals surface area contributed by atoms with Crippen LogP contribution in [-0.2, 0) is 11.3 Å². The number of carbonyl (C=O) groups is 1. The number of nitrogens with one attached hydrogen (secondary N) is 3. The molecule has 1 aliphatic carbocycles. The standard InChI is InChI=1S/C23H23F2N3O3/c24-19-2-1-3-21-23(19)18(12-27-21)14-4-7-16(8-5-14)26-11-15-6-9-17(10-20(15)25)31-13-22(29)28-30/h1-4,6,9-10,12,16,26-27,30H,5,7-8,11,13H2,(H,28,29). The van der Waals surface area contributed by atoms with Crippen LogP contribution in [0, 0.1) is 11.6 Å². The van der Waals surface area contributed by atoms with Crippen LogP contribution in [-0.4, -0.2) is 28.7 Å². The van der Waals surface area contributed by atoms with E-state index in [1.54, 1.807) is 18.2 Å². The number of benzene rings is 2. The second kappa shape index (κ2) is 9.28. The van der Waals surface area contributed by atoms with Gasteiger partial charge in [-0.05, 0) is 43.0 Å². The van der Waals surface area contributed by atoms with Gasteiger partial charge in [0.15, 0.2) is 6.61 Å². The first kappa shape index (κ1) is 21.0. The number of hydrogen-bond acceptors (Lipinski definition) is 4. The van der Waals surface area contributed by atoms with Crippen molar-refractivity contribution in [2.45, 2.75) is 31.8 Å². The zero-order valence-electron chi connectivity index (χ0n) is 16.8.